The van der Waals surface area contributed by atoms with Crippen molar-refractivity contribution < 1.29 is 14.6 Å². The van der Waals surface area contributed by atoms with Crippen LogP contribution < -0.4 is 4.74 Å². The number of ether oxygens (including phenoxy) is 2. The van der Waals surface area contributed by atoms with E-state index >= 15 is 0 Å². The van der Waals surface area contributed by atoms with Gasteiger partial charge in [0.15, 0.2) is 0 Å². The fourth-order valence-corrected chi connectivity index (χ4v) is 3.09. The molecule has 1 aliphatic rings. The largest absolute Gasteiger partial charge is 0.497 e. The van der Waals surface area contributed by atoms with E-state index in [1.807, 2.05) is 36.4 Å². The molecule has 0 radical (unpaired) electrons. The molecule has 1 aromatic rings. The molecule has 4 nitrogen and oxygen atoms in total. The highest BCUT2D eigenvalue weighted by atomic mass is 16.5. The molecule has 0 unspecified atom stereocenters. The Balaban J connectivity index is 1.87. The van der Waals surface area contributed by atoms with Gasteiger partial charge in [-0.3, -0.25) is 4.90 Å². The molecular weight excluding hydrogens is 290 g/mol. The average Bonchev–Trinajstić information content (AvgIpc) is 2.94. The molecule has 2 rings (SSSR count). The van der Waals surface area contributed by atoms with Crippen molar-refractivity contribution in [3.05, 3.63) is 55.1 Å². The number of benzene rings is 1. The third-order valence-corrected chi connectivity index (χ3v) is 4.29. The minimum atomic E-state index is -0.365. The minimum Gasteiger partial charge on any atom is -0.497 e. The second-order valence-corrected chi connectivity index (χ2v) is 5.92. The van der Waals surface area contributed by atoms with E-state index in [2.05, 4.69) is 18.1 Å². The summed E-state index contributed by atoms with van der Waals surface area (Å²) in [4.78, 5) is 2.20. The van der Waals surface area contributed by atoms with Crippen LogP contribution in [-0.4, -0.2) is 48.5 Å². The van der Waals surface area contributed by atoms with Crippen LogP contribution in [0.25, 0.3) is 0 Å². The number of methoxy groups -OCH3 is 1. The Hall–Kier alpha value is -1.62. The quantitative estimate of drug-likeness (QED) is 0.711. The number of hydrogen-bond acceptors (Lipinski definition) is 4. The summed E-state index contributed by atoms with van der Waals surface area (Å²) in [5.41, 5.74) is 1.11. The second kappa shape index (κ2) is 8.87. The van der Waals surface area contributed by atoms with Crippen molar-refractivity contribution >= 4 is 0 Å². The summed E-state index contributed by atoms with van der Waals surface area (Å²) >= 11 is 0. The van der Waals surface area contributed by atoms with Gasteiger partial charge in [0.05, 0.1) is 25.9 Å². The van der Waals surface area contributed by atoms with Crippen LogP contribution in [0.3, 0.4) is 0 Å². The molecule has 0 aromatic heterocycles. The van der Waals surface area contributed by atoms with Crippen LogP contribution in [0, 0.1) is 0 Å². The van der Waals surface area contributed by atoms with Gasteiger partial charge in [0.25, 0.3) is 0 Å². The van der Waals surface area contributed by atoms with E-state index in [1.54, 1.807) is 7.11 Å². The zero-order valence-electron chi connectivity index (χ0n) is 13.9. The van der Waals surface area contributed by atoms with Gasteiger partial charge in [-0.05, 0) is 24.1 Å². The van der Waals surface area contributed by atoms with Crippen molar-refractivity contribution in [1.82, 2.24) is 4.90 Å². The second-order valence-electron chi connectivity index (χ2n) is 5.92. The first kappa shape index (κ1) is 17.7. The maximum absolute atomic E-state index is 10.3. The maximum Gasteiger partial charge on any atom is 0.118 e. The third-order valence-electron chi connectivity index (χ3n) is 4.29. The van der Waals surface area contributed by atoms with Crippen LogP contribution in [-0.2, 0) is 11.3 Å². The predicted molar refractivity (Wildman–Crippen MR) is 92.6 cm³/mol. The van der Waals surface area contributed by atoms with Crippen LogP contribution >= 0.6 is 0 Å². The Labute approximate surface area is 139 Å². The van der Waals surface area contributed by atoms with Crippen molar-refractivity contribution in [2.75, 3.05) is 20.2 Å². The molecule has 126 valence electrons. The summed E-state index contributed by atoms with van der Waals surface area (Å²) in [6.45, 7) is 9.63. The minimum absolute atomic E-state index is 0.0780. The van der Waals surface area contributed by atoms with Crippen LogP contribution in [0.4, 0.5) is 0 Å². The zero-order chi connectivity index (χ0) is 16.7. The Morgan fingerprint density at radius 2 is 1.83 bits per heavy atom. The number of aliphatic hydroxyl groups excluding tert-OH is 1. The summed E-state index contributed by atoms with van der Waals surface area (Å²) < 4.78 is 11.1. The smallest absolute Gasteiger partial charge is 0.118 e. The molecule has 0 bridgehead atoms. The molecule has 1 aliphatic carbocycles. The van der Waals surface area contributed by atoms with E-state index in [9.17, 15) is 5.11 Å². The topological polar surface area (TPSA) is 41.9 Å². The monoisotopic (exact) mass is 317 g/mol. The lowest BCUT2D eigenvalue weighted by atomic mass is 10.1. The highest BCUT2D eigenvalue weighted by Gasteiger charge is 2.36. The van der Waals surface area contributed by atoms with Crippen molar-refractivity contribution in [1.29, 1.82) is 0 Å². The van der Waals surface area contributed by atoms with E-state index < -0.39 is 0 Å². The normalized spacial score (nSPS) is 23.9. The van der Waals surface area contributed by atoms with Crippen LogP contribution in [0.5, 0.6) is 5.75 Å². The molecule has 0 saturated heterocycles. The molecule has 0 aliphatic heterocycles. The molecule has 1 aromatic carbocycles. The lowest BCUT2D eigenvalue weighted by Gasteiger charge is -2.28. The molecule has 0 spiro atoms. The number of hydrogen-bond donors (Lipinski definition) is 1. The maximum atomic E-state index is 10.3. The summed E-state index contributed by atoms with van der Waals surface area (Å²) in [5.74, 6) is 0.842. The number of nitrogens with zero attached hydrogens (tertiary/aromatic N) is 1. The van der Waals surface area contributed by atoms with Gasteiger partial charge in [-0.15, -0.1) is 13.2 Å². The van der Waals surface area contributed by atoms with Crippen LogP contribution in [0.2, 0.25) is 0 Å². The molecule has 1 fully saturated rings. The first-order chi connectivity index (χ1) is 11.2. The molecule has 1 N–H and O–H groups in total. The fourth-order valence-electron chi connectivity index (χ4n) is 3.09. The van der Waals surface area contributed by atoms with Crippen molar-refractivity contribution in [2.24, 2.45) is 0 Å². The molecular formula is C19H27NO3. The standard InChI is InChI=1S/C19H27NO3/c1-4-10-20(11-5-2)18-12-17(13-19(18)21)23-14-15-6-8-16(22-3)9-7-15/h4-9,17-19,21H,1-2,10-14H2,3H3/t17-,18+,19-/m0/s1. The zero-order valence-corrected chi connectivity index (χ0v) is 13.9. The molecule has 4 heteroatoms. The van der Waals surface area contributed by atoms with Gasteiger partial charge in [-0.2, -0.15) is 0 Å². The lowest BCUT2D eigenvalue weighted by molar-refractivity contribution is 0.0356. The fraction of sp³-hybridized carbons (Fsp3) is 0.474. The van der Waals surface area contributed by atoms with Crippen molar-refractivity contribution in [3.8, 4) is 5.75 Å². The molecule has 0 heterocycles. The van der Waals surface area contributed by atoms with Crippen LogP contribution in [0.15, 0.2) is 49.6 Å². The van der Waals surface area contributed by atoms with Crippen molar-refractivity contribution in [3.63, 3.8) is 0 Å². The summed E-state index contributed by atoms with van der Waals surface area (Å²) in [7, 11) is 1.66. The van der Waals surface area contributed by atoms with Gasteiger partial charge in [-0.25, -0.2) is 0 Å². The number of rotatable bonds is 9. The third kappa shape index (κ3) is 4.93. The lowest BCUT2D eigenvalue weighted by Crippen LogP contribution is -2.40. The molecule has 1 saturated carbocycles. The Bertz CT molecular complexity index is 490. The van der Waals surface area contributed by atoms with Gasteiger partial charge in [0.2, 0.25) is 0 Å². The molecule has 0 amide bonds. The highest BCUT2D eigenvalue weighted by molar-refractivity contribution is 5.26. The van der Waals surface area contributed by atoms with Gasteiger partial charge < -0.3 is 14.6 Å². The van der Waals surface area contributed by atoms with E-state index in [1.165, 1.54) is 0 Å². The molecule has 23 heavy (non-hydrogen) atoms. The predicted octanol–water partition coefficient (Wildman–Crippen LogP) is 2.78. The Morgan fingerprint density at radius 3 is 2.39 bits per heavy atom. The summed E-state index contributed by atoms with van der Waals surface area (Å²) in [5, 5.41) is 10.3. The van der Waals surface area contributed by atoms with Gasteiger partial charge in [-0.1, -0.05) is 24.3 Å². The average molecular weight is 317 g/mol. The van der Waals surface area contributed by atoms with E-state index in [4.69, 9.17) is 9.47 Å². The first-order valence-electron chi connectivity index (χ1n) is 8.06. The van der Waals surface area contributed by atoms with Crippen molar-refractivity contribution in [2.45, 2.75) is 37.7 Å². The highest BCUT2D eigenvalue weighted by Crippen LogP contribution is 2.28. The summed E-state index contributed by atoms with van der Waals surface area (Å²) in [6, 6.07) is 7.97. The van der Waals surface area contributed by atoms with E-state index in [-0.39, 0.29) is 18.2 Å². The SMILES string of the molecule is C=CCN(CC=C)[C@@H]1C[C@H](OCc2ccc(OC)cc2)C[C@@H]1O. The van der Waals surface area contributed by atoms with E-state index in [0.717, 1.165) is 30.8 Å². The van der Waals surface area contributed by atoms with E-state index in [0.29, 0.717) is 13.0 Å². The summed E-state index contributed by atoms with van der Waals surface area (Å²) in [6.07, 6.45) is 4.94. The first-order valence-corrected chi connectivity index (χ1v) is 8.06. The Kier molecular flexibility index (Phi) is 6.84. The van der Waals surface area contributed by atoms with Crippen LogP contribution in [0.1, 0.15) is 18.4 Å². The van der Waals surface area contributed by atoms with Gasteiger partial charge in [0.1, 0.15) is 5.75 Å². The van der Waals surface area contributed by atoms with Gasteiger partial charge in [0, 0.05) is 25.6 Å². The number of aliphatic hydroxyl groups is 1. The van der Waals surface area contributed by atoms with Gasteiger partial charge >= 0.3 is 0 Å². The Morgan fingerprint density at radius 1 is 1.17 bits per heavy atom. The molecule has 3 atom stereocenters.